The van der Waals surface area contributed by atoms with Gasteiger partial charge in [0, 0.05) is 18.1 Å². The Labute approximate surface area is 201 Å². The number of fused-ring (bicyclic) bond motifs is 2. The first-order valence-corrected chi connectivity index (χ1v) is 12.3. The SMILES string of the molecule is CC(=O)N1CCOc2ccc(S(=O)(=O)Nc3ccc(-c4ccc5c(n4)C(N)=NC5)c(Cl)c3)cc21. The molecule has 174 valence electrons. The number of sulfonamides is 1. The predicted octanol–water partition coefficient (Wildman–Crippen LogP) is 3.17. The van der Waals surface area contributed by atoms with Gasteiger partial charge in [0.25, 0.3) is 10.0 Å². The summed E-state index contributed by atoms with van der Waals surface area (Å²) in [5.41, 5.74) is 9.42. The Morgan fingerprint density at radius 2 is 2.00 bits per heavy atom. The van der Waals surface area contributed by atoms with E-state index in [0.717, 1.165) is 5.56 Å². The number of nitrogens with one attached hydrogen (secondary N) is 1. The Hall–Kier alpha value is -3.63. The predicted molar refractivity (Wildman–Crippen MR) is 130 cm³/mol. The van der Waals surface area contributed by atoms with Crippen molar-refractivity contribution in [1.82, 2.24) is 4.98 Å². The van der Waals surface area contributed by atoms with Crippen LogP contribution in [0.5, 0.6) is 5.75 Å². The number of aliphatic imine (C=N–C) groups is 1. The van der Waals surface area contributed by atoms with Crippen molar-refractivity contribution in [3.8, 4) is 17.0 Å². The number of hydrogen-bond donors (Lipinski definition) is 2. The van der Waals surface area contributed by atoms with Crippen molar-refractivity contribution in [2.24, 2.45) is 10.7 Å². The van der Waals surface area contributed by atoms with Gasteiger partial charge in [-0.05, 0) is 42.5 Å². The van der Waals surface area contributed by atoms with E-state index in [1.807, 2.05) is 12.1 Å². The summed E-state index contributed by atoms with van der Waals surface area (Å²) in [6.45, 7) is 2.63. The number of halogens is 1. The molecule has 0 atom stereocenters. The molecule has 0 unspecified atom stereocenters. The molecule has 0 saturated carbocycles. The van der Waals surface area contributed by atoms with Crippen molar-refractivity contribution in [1.29, 1.82) is 0 Å². The Bertz CT molecular complexity index is 1470. The first-order valence-electron chi connectivity index (χ1n) is 10.4. The lowest BCUT2D eigenvalue weighted by Gasteiger charge is -2.29. The molecule has 1 aromatic heterocycles. The van der Waals surface area contributed by atoms with E-state index in [2.05, 4.69) is 14.7 Å². The second-order valence-corrected chi connectivity index (χ2v) is 9.94. The van der Waals surface area contributed by atoms with Crippen LogP contribution >= 0.6 is 11.6 Å². The molecule has 0 saturated heterocycles. The van der Waals surface area contributed by atoms with E-state index < -0.39 is 10.0 Å². The molecule has 2 aliphatic rings. The molecular formula is C23H20ClN5O4S. The van der Waals surface area contributed by atoms with E-state index in [-0.39, 0.29) is 16.5 Å². The summed E-state index contributed by atoms with van der Waals surface area (Å²) in [6, 6.07) is 12.9. The minimum absolute atomic E-state index is 0.00162. The highest BCUT2D eigenvalue weighted by molar-refractivity contribution is 7.92. The van der Waals surface area contributed by atoms with E-state index in [9.17, 15) is 13.2 Å². The second-order valence-electron chi connectivity index (χ2n) is 7.85. The van der Waals surface area contributed by atoms with Gasteiger partial charge in [-0.3, -0.25) is 14.5 Å². The zero-order valence-electron chi connectivity index (χ0n) is 18.1. The zero-order valence-corrected chi connectivity index (χ0v) is 19.7. The largest absolute Gasteiger partial charge is 0.490 e. The molecule has 0 radical (unpaired) electrons. The number of nitrogens with zero attached hydrogens (tertiary/aromatic N) is 3. The maximum atomic E-state index is 13.1. The minimum Gasteiger partial charge on any atom is -0.490 e. The molecule has 9 nitrogen and oxygen atoms in total. The van der Waals surface area contributed by atoms with Gasteiger partial charge in [0.2, 0.25) is 5.91 Å². The summed E-state index contributed by atoms with van der Waals surface area (Å²) in [5.74, 6) is 0.652. The lowest BCUT2D eigenvalue weighted by Crippen LogP contribution is -2.36. The van der Waals surface area contributed by atoms with Crippen LogP contribution in [-0.2, 0) is 21.4 Å². The topological polar surface area (TPSA) is 127 Å². The van der Waals surface area contributed by atoms with Crippen LogP contribution in [0.25, 0.3) is 11.3 Å². The number of carbonyl (C=O) groups is 1. The fraction of sp³-hybridized carbons (Fsp3) is 0.174. The van der Waals surface area contributed by atoms with Crippen LogP contribution in [-0.4, -0.2) is 38.3 Å². The van der Waals surface area contributed by atoms with Crippen molar-refractivity contribution in [2.45, 2.75) is 18.4 Å². The van der Waals surface area contributed by atoms with E-state index in [1.54, 1.807) is 18.2 Å². The van der Waals surface area contributed by atoms with Gasteiger partial charge in [0.15, 0.2) is 0 Å². The van der Waals surface area contributed by atoms with Crippen LogP contribution in [0.4, 0.5) is 11.4 Å². The van der Waals surface area contributed by atoms with Crippen molar-refractivity contribution in [3.63, 3.8) is 0 Å². The Kier molecular flexibility index (Phi) is 5.41. The van der Waals surface area contributed by atoms with Crippen molar-refractivity contribution >= 4 is 44.7 Å². The first-order chi connectivity index (χ1) is 16.2. The van der Waals surface area contributed by atoms with Crippen LogP contribution in [0.2, 0.25) is 5.02 Å². The highest BCUT2D eigenvalue weighted by Gasteiger charge is 2.25. The number of amidine groups is 1. The van der Waals surface area contributed by atoms with Crippen molar-refractivity contribution < 1.29 is 17.9 Å². The highest BCUT2D eigenvalue weighted by atomic mass is 35.5. The zero-order chi connectivity index (χ0) is 24.0. The maximum absolute atomic E-state index is 13.1. The summed E-state index contributed by atoms with van der Waals surface area (Å²) >= 11 is 6.48. The summed E-state index contributed by atoms with van der Waals surface area (Å²) in [7, 11) is -3.96. The summed E-state index contributed by atoms with van der Waals surface area (Å²) < 4.78 is 34.2. The molecule has 0 spiro atoms. The molecule has 3 heterocycles. The number of pyridine rings is 1. The average Bonchev–Trinajstić information content (AvgIpc) is 3.18. The van der Waals surface area contributed by atoms with Gasteiger partial charge in [0.1, 0.15) is 23.9 Å². The van der Waals surface area contributed by atoms with Crippen LogP contribution in [0, 0.1) is 0 Å². The smallest absolute Gasteiger partial charge is 0.261 e. The molecule has 3 N–H and O–H groups in total. The van der Waals surface area contributed by atoms with E-state index in [4.69, 9.17) is 22.1 Å². The Morgan fingerprint density at radius 1 is 1.18 bits per heavy atom. The molecule has 34 heavy (non-hydrogen) atoms. The quantitative estimate of drug-likeness (QED) is 0.570. The lowest BCUT2D eigenvalue weighted by molar-refractivity contribution is -0.116. The summed E-state index contributed by atoms with van der Waals surface area (Å²) in [4.78, 5) is 22.2. The average molecular weight is 498 g/mol. The van der Waals surface area contributed by atoms with Gasteiger partial charge in [-0.1, -0.05) is 17.7 Å². The van der Waals surface area contributed by atoms with Crippen molar-refractivity contribution in [3.05, 3.63) is 64.8 Å². The normalized spacial score (nSPS) is 14.6. The van der Waals surface area contributed by atoms with Gasteiger partial charge >= 0.3 is 0 Å². The lowest BCUT2D eigenvalue weighted by atomic mass is 10.1. The van der Waals surface area contributed by atoms with E-state index in [1.165, 1.54) is 30.0 Å². The fourth-order valence-corrected chi connectivity index (χ4v) is 5.27. The van der Waals surface area contributed by atoms with E-state index >= 15 is 0 Å². The number of rotatable bonds is 4. The van der Waals surface area contributed by atoms with Gasteiger partial charge in [-0.15, -0.1) is 0 Å². The van der Waals surface area contributed by atoms with Crippen LogP contribution < -0.4 is 20.1 Å². The number of benzene rings is 2. The number of ether oxygens (including phenoxy) is 1. The molecule has 3 aromatic rings. The highest BCUT2D eigenvalue weighted by Crippen LogP contribution is 2.35. The molecule has 2 aliphatic heterocycles. The Balaban J connectivity index is 1.42. The van der Waals surface area contributed by atoms with E-state index in [0.29, 0.717) is 58.9 Å². The summed E-state index contributed by atoms with van der Waals surface area (Å²) in [6.07, 6.45) is 0. The van der Waals surface area contributed by atoms with Gasteiger partial charge in [-0.25, -0.2) is 13.4 Å². The standard InChI is InChI=1S/C23H20ClN5O4S/c1-13(30)29-8-9-33-21-7-4-16(11-20(21)29)34(31,32)28-15-3-5-17(18(24)10-15)19-6-2-14-12-26-23(25)22(14)27-19/h2-7,10-11,28H,8-9,12H2,1H3,(H2,25,26). The maximum Gasteiger partial charge on any atom is 0.261 e. The van der Waals surface area contributed by atoms with Crippen LogP contribution in [0.15, 0.2) is 58.4 Å². The second kappa shape index (κ2) is 8.30. The fourth-order valence-electron chi connectivity index (χ4n) is 3.92. The number of nitrogens with two attached hydrogens (primary N) is 1. The molecule has 1 amide bonds. The molecule has 5 rings (SSSR count). The van der Waals surface area contributed by atoms with Gasteiger partial charge in [-0.2, -0.15) is 0 Å². The molecular weight excluding hydrogens is 478 g/mol. The molecule has 0 bridgehead atoms. The Morgan fingerprint density at radius 3 is 2.76 bits per heavy atom. The van der Waals surface area contributed by atoms with Crippen LogP contribution in [0.1, 0.15) is 18.2 Å². The third-order valence-electron chi connectivity index (χ3n) is 5.62. The summed E-state index contributed by atoms with van der Waals surface area (Å²) in [5, 5.41) is 0.322. The molecule has 0 fully saturated rings. The minimum atomic E-state index is -3.96. The van der Waals surface area contributed by atoms with Crippen molar-refractivity contribution in [2.75, 3.05) is 22.8 Å². The number of aromatic nitrogens is 1. The molecule has 0 aliphatic carbocycles. The number of anilines is 2. The molecule has 11 heteroatoms. The number of carbonyl (C=O) groups excluding carboxylic acids is 1. The third-order valence-corrected chi connectivity index (χ3v) is 7.31. The molecule has 2 aromatic carbocycles. The van der Waals surface area contributed by atoms with Gasteiger partial charge in [0.05, 0.1) is 40.1 Å². The monoisotopic (exact) mass is 497 g/mol. The third kappa shape index (κ3) is 3.95. The number of amides is 1. The first kappa shape index (κ1) is 22.2. The van der Waals surface area contributed by atoms with Gasteiger partial charge < -0.3 is 15.4 Å². The number of hydrogen-bond acceptors (Lipinski definition) is 7. The van der Waals surface area contributed by atoms with Crippen LogP contribution in [0.3, 0.4) is 0 Å².